The fourth-order valence-corrected chi connectivity index (χ4v) is 2.32. The largest absolute Gasteiger partial charge is 0.497 e. The first-order valence-electron chi connectivity index (χ1n) is 7.03. The summed E-state index contributed by atoms with van der Waals surface area (Å²) >= 11 is 0. The fraction of sp³-hybridized carbons (Fsp3) is 0.294. The Bertz CT molecular complexity index is 617. The summed E-state index contributed by atoms with van der Waals surface area (Å²) in [6.45, 7) is 0. The van der Waals surface area contributed by atoms with Gasteiger partial charge in [0, 0.05) is 23.7 Å². The molecule has 0 radical (unpaired) electrons. The molecule has 0 aliphatic rings. The molecule has 4 nitrogen and oxygen atoms in total. The van der Waals surface area contributed by atoms with Crippen LogP contribution in [-0.4, -0.2) is 14.2 Å². The van der Waals surface area contributed by atoms with Gasteiger partial charge in [-0.3, -0.25) is 0 Å². The summed E-state index contributed by atoms with van der Waals surface area (Å²) in [4.78, 5) is 0. The Morgan fingerprint density at radius 3 is 2.05 bits per heavy atom. The quantitative estimate of drug-likeness (QED) is 0.861. The zero-order chi connectivity index (χ0) is 16.1. The van der Waals surface area contributed by atoms with Gasteiger partial charge in [-0.15, -0.1) is 0 Å². The third kappa shape index (κ3) is 3.75. The van der Waals surface area contributed by atoms with Gasteiger partial charge in [-0.2, -0.15) is 0 Å². The van der Waals surface area contributed by atoms with Crippen molar-refractivity contribution in [1.82, 2.24) is 0 Å². The molecule has 2 aromatic carbocycles. The van der Waals surface area contributed by atoms with Crippen LogP contribution in [0.2, 0.25) is 0 Å². The molecular formula is C17H21FN2O2. The number of hydrogen-bond donors (Lipinski definition) is 2. The first kappa shape index (κ1) is 16.3. The molecule has 0 bridgehead atoms. The van der Waals surface area contributed by atoms with E-state index in [9.17, 15) is 4.39 Å². The predicted octanol–water partition coefficient (Wildman–Crippen LogP) is 2.93. The van der Waals surface area contributed by atoms with Gasteiger partial charge < -0.3 is 20.9 Å². The first-order chi connectivity index (χ1) is 10.5. The van der Waals surface area contributed by atoms with Crippen LogP contribution < -0.4 is 20.9 Å². The minimum Gasteiger partial charge on any atom is -0.497 e. The first-order valence-corrected chi connectivity index (χ1v) is 7.03. The Hall–Kier alpha value is -2.11. The van der Waals surface area contributed by atoms with Crippen LogP contribution in [0, 0.1) is 5.82 Å². The lowest BCUT2D eigenvalue weighted by atomic mass is 9.95. The van der Waals surface area contributed by atoms with Gasteiger partial charge >= 0.3 is 0 Å². The van der Waals surface area contributed by atoms with E-state index in [4.69, 9.17) is 20.9 Å². The molecule has 2 rings (SSSR count). The molecule has 0 amide bonds. The topological polar surface area (TPSA) is 70.5 Å². The van der Waals surface area contributed by atoms with Gasteiger partial charge in [-0.1, -0.05) is 18.2 Å². The average molecular weight is 304 g/mol. The minimum atomic E-state index is -0.483. The molecule has 0 heterocycles. The minimum absolute atomic E-state index is 0.276. The molecule has 0 aromatic heterocycles. The maximum absolute atomic E-state index is 14.0. The molecule has 2 aromatic rings. The van der Waals surface area contributed by atoms with Crippen LogP contribution in [0.5, 0.6) is 11.5 Å². The summed E-state index contributed by atoms with van der Waals surface area (Å²) in [6, 6.07) is 11.4. The molecule has 4 N–H and O–H groups in total. The van der Waals surface area contributed by atoms with Crippen molar-refractivity contribution < 1.29 is 13.9 Å². The highest BCUT2D eigenvalue weighted by molar-refractivity contribution is 5.32. The van der Waals surface area contributed by atoms with Gasteiger partial charge in [0.05, 0.1) is 14.2 Å². The van der Waals surface area contributed by atoms with E-state index in [2.05, 4.69) is 0 Å². The van der Waals surface area contributed by atoms with Gasteiger partial charge in [0.15, 0.2) is 0 Å². The van der Waals surface area contributed by atoms with Gasteiger partial charge in [-0.05, 0) is 30.2 Å². The van der Waals surface area contributed by atoms with Crippen molar-refractivity contribution >= 4 is 0 Å². The van der Waals surface area contributed by atoms with Crippen molar-refractivity contribution in [3.8, 4) is 11.5 Å². The number of ether oxygens (including phenoxy) is 2. The van der Waals surface area contributed by atoms with Gasteiger partial charge in [-0.25, -0.2) is 4.39 Å². The van der Waals surface area contributed by atoms with Crippen molar-refractivity contribution in [1.29, 1.82) is 0 Å². The van der Waals surface area contributed by atoms with Gasteiger partial charge in [0.1, 0.15) is 17.3 Å². The van der Waals surface area contributed by atoms with E-state index in [1.54, 1.807) is 19.2 Å². The number of halogens is 1. The molecule has 2 atom stereocenters. The zero-order valence-electron chi connectivity index (χ0n) is 12.8. The van der Waals surface area contributed by atoms with E-state index < -0.39 is 6.04 Å². The molecule has 22 heavy (non-hydrogen) atoms. The van der Waals surface area contributed by atoms with Crippen LogP contribution in [0.1, 0.15) is 29.6 Å². The van der Waals surface area contributed by atoms with E-state index in [0.717, 1.165) is 11.3 Å². The lowest BCUT2D eigenvalue weighted by Gasteiger charge is -2.19. The van der Waals surface area contributed by atoms with E-state index in [1.807, 2.05) is 24.3 Å². The third-order valence-electron chi connectivity index (χ3n) is 3.66. The molecule has 2 unspecified atom stereocenters. The Labute approximate surface area is 129 Å². The van der Waals surface area contributed by atoms with Gasteiger partial charge in [0.2, 0.25) is 0 Å². The molecule has 118 valence electrons. The lowest BCUT2D eigenvalue weighted by Crippen LogP contribution is -2.20. The Kier molecular flexibility index (Phi) is 5.35. The second kappa shape index (κ2) is 7.24. The molecule has 0 aliphatic heterocycles. The Balaban J connectivity index is 2.08. The van der Waals surface area contributed by atoms with Crippen LogP contribution in [0.15, 0.2) is 42.5 Å². The van der Waals surface area contributed by atoms with E-state index in [-0.39, 0.29) is 11.9 Å². The SMILES string of the molecule is COc1ccc(C(N)CC(N)c2ccc(OC)cc2F)cc1. The number of nitrogens with two attached hydrogens (primary N) is 2. The maximum atomic E-state index is 14.0. The lowest BCUT2D eigenvalue weighted by molar-refractivity contribution is 0.409. The monoisotopic (exact) mass is 304 g/mol. The number of methoxy groups -OCH3 is 2. The zero-order valence-corrected chi connectivity index (χ0v) is 12.8. The maximum Gasteiger partial charge on any atom is 0.131 e. The summed E-state index contributed by atoms with van der Waals surface area (Å²) in [5.41, 5.74) is 13.6. The highest BCUT2D eigenvalue weighted by atomic mass is 19.1. The summed E-state index contributed by atoms with van der Waals surface area (Å²) in [5.74, 6) is 0.850. The summed E-state index contributed by atoms with van der Waals surface area (Å²) in [6.07, 6.45) is 0.440. The van der Waals surface area contributed by atoms with Crippen molar-refractivity contribution in [2.24, 2.45) is 11.5 Å². The van der Waals surface area contributed by atoms with E-state index in [1.165, 1.54) is 13.2 Å². The van der Waals surface area contributed by atoms with Gasteiger partial charge in [0.25, 0.3) is 0 Å². The number of rotatable bonds is 6. The van der Waals surface area contributed by atoms with Crippen LogP contribution in [0.4, 0.5) is 4.39 Å². The van der Waals surface area contributed by atoms with Crippen LogP contribution >= 0.6 is 0 Å². The second-order valence-corrected chi connectivity index (χ2v) is 5.11. The molecule has 5 heteroatoms. The number of benzene rings is 2. The van der Waals surface area contributed by atoms with Crippen molar-refractivity contribution in [3.63, 3.8) is 0 Å². The Morgan fingerprint density at radius 2 is 1.50 bits per heavy atom. The van der Waals surface area contributed by atoms with Crippen LogP contribution in [-0.2, 0) is 0 Å². The standard InChI is InChI=1S/C17H21FN2O2/c1-21-12-5-3-11(4-6-12)16(19)10-17(20)14-8-7-13(22-2)9-15(14)18/h3-9,16-17H,10,19-20H2,1-2H3. The van der Waals surface area contributed by atoms with E-state index in [0.29, 0.717) is 17.7 Å². The smallest absolute Gasteiger partial charge is 0.131 e. The number of hydrogen-bond acceptors (Lipinski definition) is 4. The molecule has 0 saturated heterocycles. The molecule has 0 spiro atoms. The van der Waals surface area contributed by atoms with E-state index >= 15 is 0 Å². The second-order valence-electron chi connectivity index (χ2n) is 5.11. The van der Waals surface area contributed by atoms with Crippen molar-refractivity contribution in [2.45, 2.75) is 18.5 Å². The molecule has 0 saturated carbocycles. The summed E-state index contributed by atoms with van der Waals surface area (Å²) in [7, 11) is 3.10. The highest BCUT2D eigenvalue weighted by Crippen LogP contribution is 2.27. The summed E-state index contributed by atoms with van der Waals surface area (Å²) < 4.78 is 24.1. The molecular weight excluding hydrogens is 283 g/mol. The Morgan fingerprint density at radius 1 is 0.909 bits per heavy atom. The van der Waals surface area contributed by atoms with Crippen LogP contribution in [0.25, 0.3) is 0 Å². The molecule has 0 fully saturated rings. The predicted molar refractivity (Wildman–Crippen MR) is 84.4 cm³/mol. The normalized spacial score (nSPS) is 13.5. The molecule has 0 aliphatic carbocycles. The van der Waals surface area contributed by atoms with Crippen LogP contribution in [0.3, 0.4) is 0 Å². The fourth-order valence-electron chi connectivity index (χ4n) is 2.32. The highest BCUT2D eigenvalue weighted by Gasteiger charge is 2.17. The van der Waals surface area contributed by atoms with Crippen molar-refractivity contribution in [2.75, 3.05) is 14.2 Å². The summed E-state index contributed by atoms with van der Waals surface area (Å²) in [5, 5.41) is 0. The average Bonchev–Trinajstić information content (AvgIpc) is 2.54. The van der Waals surface area contributed by atoms with Crippen molar-refractivity contribution in [3.05, 3.63) is 59.4 Å². The third-order valence-corrected chi connectivity index (χ3v) is 3.66.